The van der Waals surface area contributed by atoms with Gasteiger partial charge in [-0.25, -0.2) is 4.98 Å². The SMILES string of the molecule is COc1nc(NCC(=O)NC(C)(C)C)ncc1Br. The number of ether oxygens (including phenoxy) is 1. The quantitative estimate of drug-likeness (QED) is 0.882. The van der Waals surface area contributed by atoms with Crippen LogP contribution in [0.2, 0.25) is 0 Å². The molecular weight excluding hydrogens is 300 g/mol. The molecular formula is C11H17BrN4O2. The second kappa shape index (κ2) is 5.99. The molecule has 0 radical (unpaired) electrons. The number of amides is 1. The Bertz CT molecular complexity index is 432. The van der Waals surface area contributed by atoms with Gasteiger partial charge in [-0.3, -0.25) is 4.79 Å². The largest absolute Gasteiger partial charge is 0.480 e. The minimum absolute atomic E-state index is 0.113. The van der Waals surface area contributed by atoms with Crippen LogP contribution in [0.15, 0.2) is 10.7 Å². The molecule has 0 fully saturated rings. The van der Waals surface area contributed by atoms with E-state index in [9.17, 15) is 4.79 Å². The Morgan fingerprint density at radius 2 is 2.17 bits per heavy atom. The summed E-state index contributed by atoms with van der Waals surface area (Å²) in [6.45, 7) is 5.88. The van der Waals surface area contributed by atoms with Crippen molar-refractivity contribution in [2.24, 2.45) is 0 Å². The average Bonchev–Trinajstić information content (AvgIpc) is 2.25. The van der Waals surface area contributed by atoms with Crippen molar-refractivity contribution in [1.29, 1.82) is 0 Å². The van der Waals surface area contributed by atoms with Gasteiger partial charge in [-0.1, -0.05) is 0 Å². The highest BCUT2D eigenvalue weighted by Gasteiger charge is 2.13. The zero-order chi connectivity index (χ0) is 13.8. The number of rotatable bonds is 4. The van der Waals surface area contributed by atoms with Gasteiger partial charge in [0, 0.05) is 5.54 Å². The highest BCUT2D eigenvalue weighted by atomic mass is 79.9. The molecule has 1 heterocycles. The molecule has 1 amide bonds. The minimum atomic E-state index is -0.253. The normalized spacial score (nSPS) is 10.9. The van der Waals surface area contributed by atoms with Crippen molar-refractivity contribution in [3.05, 3.63) is 10.7 Å². The van der Waals surface area contributed by atoms with Crippen LogP contribution < -0.4 is 15.4 Å². The Morgan fingerprint density at radius 3 is 2.72 bits per heavy atom. The van der Waals surface area contributed by atoms with Crippen molar-refractivity contribution >= 4 is 27.8 Å². The molecule has 0 unspecified atom stereocenters. The van der Waals surface area contributed by atoms with E-state index in [4.69, 9.17) is 4.74 Å². The Balaban J connectivity index is 2.56. The van der Waals surface area contributed by atoms with Crippen LogP contribution in [0.3, 0.4) is 0 Å². The standard InChI is InChI=1S/C11H17BrN4O2/c1-11(2,3)16-8(17)6-14-10-13-5-7(12)9(15-10)18-4/h5H,6H2,1-4H3,(H,16,17)(H,13,14,15). The molecule has 7 heteroatoms. The third kappa shape index (κ3) is 4.87. The van der Waals surface area contributed by atoms with Gasteiger partial charge in [0.05, 0.1) is 24.3 Å². The molecule has 1 aromatic rings. The third-order valence-corrected chi connectivity index (χ3v) is 2.37. The number of nitrogens with zero attached hydrogens (tertiary/aromatic N) is 2. The van der Waals surface area contributed by atoms with E-state index in [0.29, 0.717) is 16.3 Å². The molecule has 100 valence electrons. The van der Waals surface area contributed by atoms with Gasteiger partial charge in [-0.2, -0.15) is 4.98 Å². The molecule has 1 aromatic heterocycles. The number of carbonyl (C=O) groups excluding carboxylic acids is 1. The first kappa shape index (κ1) is 14.7. The summed E-state index contributed by atoms with van der Waals surface area (Å²) in [4.78, 5) is 19.7. The van der Waals surface area contributed by atoms with Crippen LogP contribution in [0, 0.1) is 0 Å². The number of nitrogens with one attached hydrogen (secondary N) is 2. The van der Waals surface area contributed by atoms with Gasteiger partial charge in [0.1, 0.15) is 0 Å². The van der Waals surface area contributed by atoms with Crippen LogP contribution in [0.25, 0.3) is 0 Å². The van der Waals surface area contributed by atoms with Crippen molar-refractivity contribution in [2.75, 3.05) is 19.0 Å². The number of methoxy groups -OCH3 is 1. The predicted octanol–water partition coefficient (Wildman–Crippen LogP) is 1.57. The van der Waals surface area contributed by atoms with Crippen LogP contribution in [-0.4, -0.2) is 35.1 Å². The monoisotopic (exact) mass is 316 g/mol. The predicted molar refractivity (Wildman–Crippen MR) is 72.7 cm³/mol. The summed E-state index contributed by atoms with van der Waals surface area (Å²) in [5, 5.41) is 5.67. The third-order valence-electron chi connectivity index (χ3n) is 1.83. The Morgan fingerprint density at radius 1 is 1.50 bits per heavy atom. The zero-order valence-corrected chi connectivity index (χ0v) is 12.5. The molecule has 0 saturated heterocycles. The summed E-state index contributed by atoms with van der Waals surface area (Å²) in [7, 11) is 1.52. The number of anilines is 1. The van der Waals surface area contributed by atoms with Crippen molar-refractivity contribution in [3.8, 4) is 5.88 Å². The van der Waals surface area contributed by atoms with Crippen LogP contribution in [0.5, 0.6) is 5.88 Å². The van der Waals surface area contributed by atoms with Gasteiger partial charge in [-0.05, 0) is 36.7 Å². The maximum atomic E-state index is 11.6. The summed E-state index contributed by atoms with van der Waals surface area (Å²) in [6, 6.07) is 0. The summed E-state index contributed by atoms with van der Waals surface area (Å²) in [6.07, 6.45) is 1.57. The van der Waals surface area contributed by atoms with Gasteiger partial charge in [0.2, 0.25) is 17.7 Å². The molecule has 0 aliphatic carbocycles. The molecule has 0 spiro atoms. The average molecular weight is 317 g/mol. The van der Waals surface area contributed by atoms with E-state index in [1.165, 1.54) is 7.11 Å². The molecule has 1 rings (SSSR count). The van der Waals surface area contributed by atoms with E-state index in [2.05, 4.69) is 36.5 Å². The summed E-state index contributed by atoms with van der Waals surface area (Å²) in [5.41, 5.74) is -0.253. The lowest BCUT2D eigenvalue weighted by Gasteiger charge is -2.20. The molecule has 0 aliphatic heterocycles. The van der Waals surface area contributed by atoms with Gasteiger partial charge in [0.25, 0.3) is 0 Å². The molecule has 18 heavy (non-hydrogen) atoms. The van der Waals surface area contributed by atoms with Gasteiger partial charge < -0.3 is 15.4 Å². The van der Waals surface area contributed by atoms with Gasteiger partial charge >= 0.3 is 0 Å². The first-order valence-electron chi connectivity index (χ1n) is 5.43. The highest BCUT2D eigenvalue weighted by Crippen LogP contribution is 2.21. The molecule has 0 atom stereocenters. The fourth-order valence-corrected chi connectivity index (χ4v) is 1.55. The lowest BCUT2D eigenvalue weighted by Crippen LogP contribution is -2.43. The summed E-state index contributed by atoms with van der Waals surface area (Å²) in [5.74, 6) is 0.649. The molecule has 0 bridgehead atoms. The second-order valence-electron chi connectivity index (χ2n) is 4.70. The van der Waals surface area contributed by atoms with Crippen molar-refractivity contribution in [1.82, 2.24) is 15.3 Å². The number of aromatic nitrogens is 2. The fourth-order valence-electron chi connectivity index (χ4n) is 1.20. The maximum absolute atomic E-state index is 11.6. The molecule has 0 saturated carbocycles. The number of halogens is 1. The fraction of sp³-hybridized carbons (Fsp3) is 0.545. The van der Waals surface area contributed by atoms with E-state index in [1.54, 1.807) is 6.20 Å². The first-order chi connectivity index (χ1) is 8.31. The highest BCUT2D eigenvalue weighted by molar-refractivity contribution is 9.10. The number of carbonyl (C=O) groups is 1. The van der Waals surface area contributed by atoms with Crippen molar-refractivity contribution in [2.45, 2.75) is 26.3 Å². The maximum Gasteiger partial charge on any atom is 0.239 e. The van der Waals surface area contributed by atoms with Crippen LogP contribution in [0.4, 0.5) is 5.95 Å². The van der Waals surface area contributed by atoms with Gasteiger partial charge in [-0.15, -0.1) is 0 Å². The molecule has 6 nitrogen and oxygen atoms in total. The number of hydrogen-bond donors (Lipinski definition) is 2. The Hall–Kier alpha value is -1.37. The summed E-state index contributed by atoms with van der Waals surface area (Å²) >= 11 is 3.25. The summed E-state index contributed by atoms with van der Waals surface area (Å²) < 4.78 is 5.70. The first-order valence-corrected chi connectivity index (χ1v) is 6.22. The van der Waals surface area contributed by atoms with Gasteiger partial charge in [0.15, 0.2) is 0 Å². The van der Waals surface area contributed by atoms with E-state index in [0.717, 1.165) is 0 Å². The number of hydrogen-bond acceptors (Lipinski definition) is 5. The van der Waals surface area contributed by atoms with Crippen LogP contribution in [0.1, 0.15) is 20.8 Å². The Labute approximate surface area is 115 Å². The topological polar surface area (TPSA) is 76.1 Å². The minimum Gasteiger partial charge on any atom is -0.480 e. The second-order valence-corrected chi connectivity index (χ2v) is 5.56. The lowest BCUT2D eigenvalue weighted by molar-refractivity contribution is -0.120. The van der Waals surface area contributed by atoms with Crippen molar-refractivity contribution in [3.63, 3.8) is 0 Å². The van der Waals surface area contributed by atoms with E-state index in [1.807, 2.05) is 20.8 Å². The van der Waals surface area contributed by atoms with Crippen LogP contribution >= 0.6 is 15.9 Å². The lowest BCUT2D eigenvalue weighted by atomic mass is 10.1. The smallest absolute Gasteiger partial charge is 0.239 e. The molecule has 0 aromatic carbocycles. The van der Waals surface area contributed by atoms with Crippen LogP contribution in [-0.2, 0) is 4.79 Å². The Kier molecular flexibility index (Phi) is 4.89. The van der Waals surface area contributed by atoms with E-state index in [-0.39, 0.29) is 18.0 Å². The zero-order valence-electron chi connectivity index (χ0n) is 10.9. The van der Waals surface area contributed by atoms with E-state index < -0.39 is 0 Å². The molecule has 2 N–H and O–H groups in total. The van der Waals surface area contributed by atoms with E-state index >= 15 is 0 Å². The molecule has 0 aliphatic rings. The van der Waals surface area contributed by atoms with Crippen molar-refractivity contribution < 1.29 is 9.53 Å².